The summed E-state index contributed by atoms with van der Waals surface area (Å²) in [4.78, 5) is 2.42. The van der Waals surface area contributed by atoms with E-state index in [2.05, 4.69) is 30.0 Å². The van der Waals surface area contributed by atoms with Gasteiger partial charge in [0, 0.05) is 19.4 Å². The molecule has 0 N–H and O–H groups in total. The van der Waals surface area contributed by atoms with Gasteiger partial charge in [0.1, 0.15) is 11.5 Å². The summed E-state index contributed by atoms with van der Waals surface area (Å²) in [6, 6.07) is 6.55. The highest BCUT2D eigenvalue weighted by Crippen LogP contribution is 2.26. The van der Waals surface area contributed by atoms with Gasteiger partial charge in [-0.3, -0.25) is 4.90 Å². The molecule has 1 saturated heterocycles. The average molecular weight is 262 g/mol. The SMILES string of the molecule is CCc1ccc([C@H]2COCCN2CCCCC#N)o1. The van der Waals surface area contributed by atoms with Crippen molar-refractivity contribution in [2.75, 3.05) is 26.3 Å². The molecule has 0 bridgehead atoms. The molecule has 1 aromatic heterocycles. The number of nitrogens with zero attached hydrogens (tertiary/aromatic N) is 2. The van der Waals surface area contributed by atoms with Gasteiger partial charge < -0.3 is 9.15 Å². The third-order valence-corrected chi connectivity index (χ3v) is 3.58. The number of aryl methyl sites for hydroxylation is 1. The lowest BCUT2D eigenvalue weighted by Gasteiger charge is -2.34. The van der Waals surface area contributed by atoms with Gasteiger partial charge in [-0.25, -0.2) is 0 Å². The van der Waals surface area contributed by atoms with Crippen LogP contribution in [0.1, 0.15) is 43.7 Å². The van der Waals surface area contributed by atoms with Crippen LogP contribution in [-0.2, 0) is 11.2 Å². The molecule has 1 aromatic rings. The third kappa shape index (κ3) is 3.82. The zero-order valence-corrected chi connectivity index (χ0v) is 11.6. The van der Waals surface area contributed by atoms with E-state index in [-0.39, 0.29) is 6.04 Å². The van der Waals surface area contributed by atoms with E-state index in [0.29, 0.717) is 13.0 Å². The monoisotopic (exact) mass is 262 g/mol. The highest BCUT2D eigenvalue weighted by molar-refractivity contribution is 5.11. The van der Waals surface area contributed by atoms with Crippen molar-refractivity contribution in [3.05, 3.63) is 23.7 Å². The second-order valence-corrected chi connectivity index (χ2v) is 4.90. The van der Waals surface area contributed by atoms with E-state index in [0.717, 1.165) is 50.5 Å². The van der Waals surface area contributed by atoms with Gasteiger partial charge in [0.25, 0.3) is 0 Å². The highest BCUT2D eigenvalue weighted by Gasteiger charge is 2.26. The zero-order valence-electron chi connectivity index (χ0n) is 11.6. The molecule has 2 heterocycles. The van der Waals surface area contributed by atoms with Gasteiger partial charge in [0.05, 0.1) is 25.3 Å². The van der Waals surface area contributed by atoms with Gasteiger partial charge in [0.2, 0.25) is 0 Å². The Morgan fingerprint density at radius 3 is 3.05 bits per heavy atom. The molecule has 2 rings (SSSR count). The molecule has 0 radical (unpaired) electrons. The Morgan fingerprint density at radius 2 is 2.32 bits per heavy atom. The predicted molar refractivity (Wildman–Crippen MR) is 72.7 cm³/mol. The minimum Gasteiger partial charge on any atom is -0.464 e. The van der Waals surface area contributed by atoms with Crippen molar-refractivity contribution in [1.82, 2.24) is 4.90 Å². The summed E-state index contributed by atoms with van der Waals surface area (Å²) in [5.41, 5.74) is 0. The predicted octanol–water partition coefficient (Wildman–Crippen LogP) is 2.91. The molecule has 0 spiro atoms. The minimum atomic E-state index is 0.233. The van der Waals surface area contributed by atoms with Crippen LogP contribution in [-0.4, -0.2) is 31.2 Å². The minimum absolute atomic E-state index is 0.233. The fraction of sp³-hybridized carbons (Fsp3) is 0.667. The van der Waals surface area contributed by atoms with Crippen molar-refractivity contribution >= 4 is 0 Å². The quantitative estimate of drug-likeness (QED) is 0.740. The van der Waals surface area contributed by atoms with Gasteiger partial charge in [-0.2, -0.15) is 5.26 Å². The maximum atomic E-state index is 8.56. The first-order chi connectivity index (χ1) is 9.35. The summed E-state index contributed by atoms with van der Waals surface area (Å²) in [6.07, 6.45) is 3.61. The Kier molecular flexibility index (Phi) is 5.44. The molecule has 1 atom stereocenters. The molecular formula is C15H22N2O2. The fourth-order valence-electron chi connectivity index (χ4n) is 2.45. The summed E-state index contributed by atoms with van der Waals surface area (Å²) < 4.78 is 11.4. The maximum absolute atomic E-state index is 8.56. The molecule has 104 valence electrons. The van der Waals surface area contributed by atoms with E-state index < -0.39 is 0 Å². The standard InChI is InChI=1S/C15H22N2O2/c1-2-13-6-7-15(19-13)14-12-18-11-10-17(14)9-5-3-4-8-16/h6-7,14H,2-5,9-12H2,1H3/t14-/m1/s1. The highest BCUT2D eigenvalue weighted by atomic mass is 16.5. The first-order valence-corrected chi connectivity index (χ1v) is 7.12. The van der Waals surface area contributed by atoms with Crippen molar-refractivity contribution in [3.8, 4) is 6.07 Å². The van der Waals surface area contributed by atoms with Gasteiger partial charge in [0.15, 0.2) is 0 Å². The number of ether oxygens (including phenoxy) is 1. The molecular weight excluding hydrogens is 240 g/mol. The van der Waals surface area contributed by atoms with E-state index in [9.17, 15) is 0 Å². The number of furan rings is 1. The van der Waals surface area contributed by atoms with Crippen molar-refractivity contribution in [2.45, 2.75) is 38.6 Å². The molecule has 1 fully saturated rings. The molecule has 0 aromatic carbocycles. The largest absolute Gasteiger partial charge is 0.464 e. The van der Waals surface area contributed by atoms with E-state index in [4.69, 9.17) is 14.4 Å². The normalized spacial score (nSPS) is 20.3. The molecule has 4 nitrogen and oxygen atoms in total. The van der Waals surface area contributed by atoms with Crippen molar-refractivity contribution < 1.29 is 9.15 Å². The van der Waals surface area contributed by atoms with Crippen LogP contribution in [0.4, 0.5) is 0 Å². The first kappa shape index (κ1) is 14.1. The smallest absolute Gasteiger partial charge is 0.123 e. The Balaban J connectivity index is 1.93. The summed E-state index contributed by atoms with van der Waals surface area (Å²) in [5.74, 6) is 2.04. The molecule has 19 heavy (non-hydrogen) atoms. The zero-order chi connectivity index (χ0) is 13.5. The molecule has 0 unspecified atom stereocenters. The van der Waals surface area contributed by atoms with Gasteiger partial charge in [-0.05, 0) is 31.5 Å². The molecule has 1 aliphatic heterocycles. The fourth-order valence-corrected chi connectivity index (χ4v) is 2.45. The van der Waals surface area contributed by atoms with Gasteiger partial charge >= 0.3 is 0 Å². The van der Waals surface area contributed by atoms with Crippen molar-refractivity contribution in [2.24, 2.45) is 0 Å². The number of nitriles is 1. The van der Waals surface area contributed by atoms with E-state index in [1.54, 1.807) is 0 Å². The van der Waals surface area contributed by atoms with Crippen LogP contribution < -0.4 is 0 Å². The lowest BCUT2D eigenvalue weighted by Crippen LogP contribution is -2.39. The van der Waals surface area contributed by atoms with Crippen LogP contribution in [0.2, 0.25) is 0 Å². The van der Waals surface area contributed by atoms with Crippen LogP contribution in [0.25, 0.3) is 0 Å². The first-order valence-electron chi connectivity index (χ1n) is 7.12. The Bertz CT molecular complexity index is 422. The van der Waals surface area contributed by atoms with Gasteiger partial charge in [-0.15, -0.1) is 0 Å². The summed E-state index contributed by atoms with van der Waals surface area (Å²) in [5, 5.41) is 8.56. The van der Waals surface area contributed by atoms with Crippen LogP contribution in [0, 0.1) is 11.3 Å². The van der Waals surface area contributed by atoms with Crippen molar-refractivity contribution in [3.63, 3.8) is 0 Å². The number of hydrogen-bond donors (Lipinski definition) is 0. The lowest BCUT2D eigenvalue weighted by molar-refractivity contribution is -0.0169. The molecule has 0 aliphatic carbocycles. The summed E-state index contributed by atoms with van der Waals surface area (Å²) in [6.45, 7) is 5.54. The lowest BCUT2D eigenvalue weighted by atomic mass is 10.1. The molecule has 4 heteroatoms. The third-order valence-electron chi connectivity index (χ3n) is 3.58. The molecule has 0 amide bonds. The number of hydrogen-bond acceptors (Lipinski definition) is 4. The Morgan fingerprint density at radius 1 is 1.42 bits per heavy atom. The molecule has 1 aliphatic rings. The Labute approximate surface area is 115 Å². The van der Waals surface area contributed by atoms with E-state index in [1.807, 2.05) is 0 Å². The second-order valence-electron chi connectivity index (χ2n) is 4.90. The number of unbranched alkanes of at least 4 members (excludes halogenated alkanes) is 2. The molecule has 0 saturated carbocycles. The summed E-state index contributed by atoms with van der Waals surface area (Å²) >= 11 is 0. The van der Waals surface area contributed by atoms with Crippen LogP contribution in [0.5, 0.6) is 0 Å². The van der Waals surface area contributed by atoms with Gasteiger partial charge in [-0.1, -0.05) is 6.92 Å². The van der Waals surface area contributed by atoms with Crippen LogP contribution >= 0.6 is 0 Å². The number of rotatable bonds is 6. The maximum Gasteiger partial charge on any atom is 0.123 e. The second kappa shape index (κ2) is 7.32. The van der Waals surface area contributed by atoms with Crippen LogP contribution in [0.15, 0.2) is 16.5 Å². The van der Waals surface area contributed by atoms with E-state index in [1.165, 1.54) is 0 Å². The van der Waals surface area contributed by atoms with Crippen molar-refractivity contribution in [1.29, 1.82) is 5.26 Å². The summed E-state index contributed by atoms with van der Waals surface area (Å²) in [7, 11) is 0. The average Bonchev–Trinajstić information content (AvgIpc) is 2.93. The number of morpholine rings is 1. The topological polar surface area (TPSA) is 49.4 Å². The van der Waals surface area contributed by atoms with E-state index >= 15 is 0 Å². The Hall–Kier alpha value is -1.31. The van der Waals surface area contributed by atoms with Crippen LogP contribution in [0.3, 0.4) is 0 Å².